The van der Waals surface area contributed by atoms with Gasteiger partial charge in [0, 0.05) is 19.3 Å². The first-order chi connectivity index (χ1) is 7.86. The Labute approximate surface area is 97.4 Å². The molecule has 6 nitrogen and oxygen atoms in total. The fourth-order valence-corrected chi connectivity index (χ4v) is 1.93. The second-order valence-electron chi connectivity index (χ2n) is 3.19. The summed E-state index contributed by atoms with van der Waals surface area (Å²) in [6, 6.07) is 3.84. The smallest absolute Gasteiger partial charge is 0.209 e. The zero-order valence-corrected chi connectivity index (χ0v) is 9.78. The van der Waals surface area contributed by atoms with Gasteiger partial charge in [-0.2, -0.15) is 0 Å². The fraction of sp³-hybridized carbons (Fsp3) is 0.444. The molecule has 0 aliphatic carbocycles. The first kappa shape index (κ1) is 11.2. The molecule has 2 heterocycles. The van der Waals surface area contributed by atoms with E-state index >= 15 is 0 Å². The number of thioether (sulfide) groups is 1. The minimum atomic E-state index is 0.755. The molecule has 2 aromatic heterocycles. The van der Waals surface area contributed by atoms with Gasteiger partial charge in [-0.1, -0.05) is 11.8 Å². The molecule has 0 saturated carbocycles. The van der Waals surface area contributed by atoms with Crippen molar-refractivity contribution in [1.82, 2.24) is 25.5 Å². The Morgan fingerprint density at radius 2 is 2.50 bits per heavy atom. The molecule has 0 bridgehead atoms. The van der Waals surface area contributed by atoms with Crippen LogP contribution in [0, 0.1) is 0 Å². The topological polar surface area (TPSA) is 68.8 Å². The summed E-state index contributed by atoms with van der Waals surface area (Å²) in [5.41, 5.74) is 0. The third-order valence-corrected chi connectivity index (χ3v) is 2.98. The van der Waals surface area contributed by atoms with E-state index in [1.807, 2.05) is 19.2 Å². The summed E-state index contributed by atoms with van der Waals surface area (Å²) in [6.45, 7) is 1.64. The molecule has 1 N–H and O–H groups in total. The molecule has 0 unspecified atom stereocenters. The summed E-state index contributed by atoms with van der Waals surface area (Å²) in [6.07, 6.45) is 1.68. The Kier molecular flexibility index (Phi) is 3.95. The average Bonchev–Trinajstić information content (AvgIpc) is 2.90. The summed E-state index contributed by atoms with van der Waals surface area (Å²) in [5, 5.41) is 15.3. The molecule has 2 rings (SSSR count). The molecule has 0 radical (unpaired) electrons. The predicted molar refractivity (Wildman–Crippen MR) is 59.9 cm³/mol. The lowest BCUT2D eigenvalue weighted by atomic mass is 10.4. The Hall–Kier alpha value is -1.34. The molecular formula is C9H13N5OS. The van der Waals surface area contributed by atoms with Crippen LogP contribution in [0.5, 0.6) is 0 Å². The SMILES string of the molecule is Cn1nnnc1SCCNCc1ccco1. The van der Waals surface area contributed by atoms with Crippen molar-refractivity contribution in [2.45, 2.75) is 11.7 Å². The minimum Gasteiger partial charge on any atom is -0.468 e. The molecule has 0 atom stereocenters. The zero-order valence-electron chi connectivity index (χ0n) is 8.96. The lowest BCUT2D eigenvalue weighted by molar-refractivity contribution is 0.488. The van der Waals surface area contributed by atoms with E-state index < -0.39 is 0 Å². The van der Waals surface area contributed by atoms with Gasteiger partial charge in [0.25, 0.3) is 0 Å². The van der Waals surface area contributed by atoms with Gasteiger partial charge in [0.1, 0.15) is 5.76 Å². The molecule has 0 amide bonds. The van der Waals surface area contributed by atoms with Gasteiger partial charge in [-0.05, 0) is 22.6 Å². The van der Waals surface area contributed by atoms with Gasteiger partial charge in [0.05, 0.1) is 12.8 Å². The number of hydrogen-bond acceptors (Lipinski definition) is 6. The maximum absolute atomic E-state index is 5.20. The lowest BCUT2D eigenvalue weighted by Crippen LogP contribution is -2.16. The van der Waals surface area contributed by atoms with E-state index in [-0.39, 0.29) is 0 Å². The number of aryl methyl sites for hydroxylation is 1. The highest BCUT2D eigenvalue weighted by Crippen LogP contribution is 2.10. The molecule has 16 heavy (non-hydrogen) atoms. The standard InChI is InChI=1S/C9H13N5OS/c1-14-9(11-12-13-14)16-6-4-10-7-8-3-2-5-15-8/h2-3,5,10H,4,6-7H2,1H3. The molecule has 0 aliphatic heterocycles. The van der Waals surface area contributed by atoms with Crippen LogP contribution in [-0.4, -0.2) is 32.5 Å². The van der Waals surface area contributed by atoms with Crippen LogP contribution < -0.4 is 5.32 Å². The summed E-state index contributed by atoms with van der Waals surface area (Å²) < 4.78 is 6.86. The van der Waals surface area contributed by atoms with E-state index in [0.717, 1.165) is 29.8 Å². The highest BCUT2D eigenvalue weighted by molar-refractivity contribution is 7.99. The molecule has 2 aromatic rings. The molecule has 0 saturated heterocycles. The number of rotatable bonds is 6. The molecule has 0 fully saturated rings. The minimum absolute atomic E-state index is 0.755. The first-order valence-electron chi connectivity index (χ1n) is 4.94. The third kappa shape index (κ3) is 3.07. The Balaban J connectivity index is 1.61. The van der Waals surface area contributed by atoms with Crippen molar-refractivity contribution in [3.8, 4) is 0 Å². The van der Waals surface area contributed by atoms with Crippen LogP contribution in [0.1, 0.15) is 5.76 Å². The monoisotopic (exact) mass is 239 g/mol. The molecule has 0 aliphatic rings. The van der Waals surface area contributed by atoms with Gasteiger partial charge in [-0.15, -0.1) is 5.10 Å². The highest BCUT2D eigenvalue weighted by atomic mass is 32.2. The van der Waals surface area contributed by atoms with E-state index in [4.69, 9.17) is 4.42 Å². The Morgan fingerprint density at radius 3 is 3.19 bits per heavy atom. The number of nitrogens with zero attached hydrogens (tertiary/aromatic N) is 4. The van der Waals surface area contributed by atoms with E-state index in [2.05, 4.69) is 20.8 Å². The van der Waals surface area contributed by atoms with Gasteiger partial charge in [0.2, 0.25) is 5.16 Å². The maximum atomic E-state index is 5.20. The van der Waals surface area contributed by atoms with Crippen molar-refractivity contribution >= 4 is 11.8 Å². The first-order valence-corrected chi connectivity index (χ1v) is 5.93. The second kappa shape index (κ2) is 5.66. The van der Waals surface area contributed by atoms with Gasteiger partial charge in [0.15, 0.2) is 0 Å². The van der Waals surface area contributed by atoms with Crippen molar-refractivity contribution in [1.29, 1.82) is 0 Å². The van der Waals surface area contributed by atoms with Gasteiger partial charge >= 0.3 is 0 Å². The zero-order chi connectivity index (χ0) is 11.2. The van der Waals surface area contributed by atoms with E-state index in [1.165, 1.54) is 0 Å². The second-order valence-corrected chi connectivity index (χ2v) is 4.25. The van der Waals surface area contributed by atoms with Crippen molar-refractivity contribution < 1.29 is 4.42 Å². The van der Waals surface area contributed by atoms with E-state index in [1.54, 1.807) is 22.7 Å². The fourth-order valence-electron chi connectivity index (χ4n) is 1.18. The van der Waals surface area contributed by atoms with Gasteiger partial charge in [-0.25, -0.2) is 4.68 Å². The van der Waals surface area contributed by atoms with Crippen LogP contribution in [0.25, 0.3) is 0 Å². The quantitative estimate of drug-likeness (QED) is 0.590. The van der Waals surface area contributed by atoms with Crippen molar-refractivity contribution in [2.24, 2.45) is 7.05 Å². The maximum Gasteiger partial charge on any atom is 0.209 e. The number of hydrogen-bond donors (Lipinski definition) is 1. The highest BCUT2D eigenvalue weighted by Gasteiger charge is 2.01. The number of aromatic nitrogens is 4. The van der Waals surface area contributed by atoms with Crippen molar-refractivity contribution in [3.63, 3.8) is 0 Å². The van der Waals surface area contributed by atoms with Gasteiger partial charge in [-0.3, -0.25) is 0 Å². The molecule has 0 spiro atoms. The molecular weight excluding hydrogens is 226 g/mol. The number of tetrazole rings is 1. The third-order valence-electron chi connectivity index (χ3n) is 1.97. The van der Waals surface area contributed by atoms with E-state index in [0.29, 0.717) is 0 Å². The van der Waals surface area contributed by atoms with Crippen molar-refractivity contribution in [2.75, 3.05) is 12.3 Å². The van der Waals surface area contributed by atoms with Crippen LogP contribution >= 0.6 is 11.8 Å². The summed E-state index contributed by atoms with van der Waals surface area (Å²) in [7, 11) is 1.83. The summed E-state index contributed by atoms with van der Waals surface area (Å²) in [4.78, 5) is 0. The molecule has 7 heteroatoms. The lowest BCUT2D eigenvalue weighted by Gasteiger charge is -2.01. The van der Waals surface area contributed by atoms with Crippen LogP contribution in [0.4, 0.5) is 0 Å². The van der Waals surface area contributed by atoms with E-state index in [9.17, 15) is 0 Å². The Bertz CT molecular complexity index is 413. The summed E-state index contributed by atoms with van der Waals surface area (Å²) in [5.74, 6) is 1.87. The number of furan rings is 1. The largest absolute Gasteiger partial charge is 0.468 e. The normalized spacial score (nSPS) is 10.8. The number of nitrogens with one attached hydrogen (secondary N) is 1. The Morgan fingerprint density at radius 1 is 1.56 bits per heavy atom. The van der Waals surface area contributed by atoms with Gasteiger partial charge < -0.3 is 9.73 Å². The van der Waals surface area contributed by atoms with Crippen LogP contribution in [0.15, 0.2) is 28.0 Å². The predicted octanol–water partition coefficient (Wildman–Crippen LogP) is 0.685. The summed E-state index contributed by atoms with van der Waals surface area (Å²) >= 11 is 1.62. The molecule has 86 valence electrons. The molecule has 0 aromatic carbocycles. The van der Waals surface area contributed by atoms with Crippen LogP contribution in [0.3, 0.4) is 0 Å². The van der Waals surface area contributed by atoms with Crippen LogP contribution in [0.2, 0.25) is 0 Å². The van der Waals surface area contributed by atoms with Crippen molar-refractivity contribution in [3.05, 3.63) is 24.2 Å². The average molecular weight is 239 g/mol. The van der Waals surface area contributed by atoms with Crippen LogP contribution in [-0.2, 0) is 13.6 Å².